The number of anilines is 1. The summed E-state index contributed by atoms with van der Waals surface area (Å²) in [5.41, 5.74) is 1.49. The van der Waals surface area contributed by atoms with Crippen LogP contribution in [0.5, 0.6) is 0 Å². The molecule has 0 saturated heterocycles. The Labute approximate surface area is 97.9 Å². The first kappa shape index (κ1) is 11.1. The molecule has 0 aromatic carbocycles. The third-order valence-corrected chi connectivity index (χ3v) is 2.39. The topological polar surface area (TPSA) is 80.0 Å². The molecule has 88 valence electrons. The number of pyridine rings is 1. The van der Waals surface area contributed by atoms with Gasteiger partial charge in [-0.1, -0.05) is 0 Å². The quantitative estimate of drug-likeness (QED) is 0.825. The zero-order valence-corrected chi connectivity index (χ0v) is 9.29. The number of hydrogen-bond donors (Lipinski definition) is 2. The van der Waals surface area contributed by atoms with E-state index < -0.39 is 5.97 Å². The van der Waals surface area contributed by atoms with Crippen LogP contribution in [0, 0.1) is 0 Å². The van der Waals surface area contributed by atoms with E-state index >= 15 is 0 Å². The van der Waals surface area contributed by atoms with E-state index in [4.69, 9.17) is 5.11 Å². The Morgan fingerprint density at radius 1 is 1.47 bits per heavy atom. The average Bonchev–Trinajstić information content (AvgIpc) is 2.72. The molecular formula is C11H12N4O2. The van der Waals surface area contributed by atoms with Crippen molar-refractivity contribution in [3.8, 4) is 0 Å². The van der Waals surface area contributed by atoms with Gasteiger partial charge in [0.1, 0.15) is 0 Å². The van der Waals surface area contributed by atoms with Gasteiger partial charge in [0.2, 0.25) is 0 Å². The fraction of sp³-hybridized carbons (Fsp3) is 0.182. The maximum absolute atomic E-state index is 10.9. The molecule has 6 nitrogen and oxygen atoms in total. The molecule has 2 N–H and O–H groups in total. The Morgan fingerprint density at radius 2 is 2.29 bits per heavy atom. The highest BCUT2D eigenvalue weighted by Crippen LogP contribution is 2.13. The van der Waals surface area contributed by atoms with Crippen molar-refractivity contribution in [2.24, 2.45) is 7.05 Å². The molecule has 0 fully saturated rings. The monoisotopic (exact) mass is 232 g/mol. The molecule has 0 saturated carbocycles. The van der Waals surface area contributed by atoms with E-state index in [1.54, 1.807) is 23.0 Å². The van der Waals surface area contributed by atoms with Gasteiger partial charge in [0.15, 0.2) is 5.69 Å². The minimum Gasteiger partial charge on any atom is -0.476 e. The number of carboxylic acids is 1. The normalized spacial score (nSPS) is 10.2. The highest BCUT2D eigenvalue weighted by atomic mass is 16.4. The standard InChI is InChI=1S/C11H12N4O2/c1-15-8(4-6-14-15)7-13-9-3-2-5-12-10(9)11(16)17/h2-6,13H,7H2,1H3,(H,16,17). The highest BCUT2D eigenvalue weighted by Gasteiger charge is 2.10. The molecule has 0 spiro atoms. The lowest BCUT2D eigenvalue weighted by atomic mass is 10.3. The summed E-state index contributed by atoms with van der Waals surface area (Å²) in [7, 11) is 1.83. The van der Waals surface area contributed by atoms with Crippen LogP contribution in [0.3, 0.4) is 0 Å². The molecule has 0 amide bonds. The number of hydrogen-bond acceptors (Lipinski definition) is 4. The first-order valence-corrected chi connectivity index (χ1v) is 5.07. The summed E-state index contributed by atoms with van der Waals surface area (Å²) in [4.78, 5) is 14.7. The minimum atomic E-state index is -1.04. The molecule has 6 heteroatoms. The summed E-state index contributed by atoms with van der Waals surface area (Å²) >= 11 is 0. The summed E-state index contributed by atoms with van der Waals surface area (Å²) in [6, 6.07) is 5.24. The van der Waals surface area contributed by atoms with E-state index in [0.29, 0.717) is 12.2 Å². The summed E-state index contributed by atoms with van der Waals surface area (Å²) in [6.07, 6.45) is 3.15. The van der Waals surface area contributed by atoms with Crippen LogP contribution in [0.1, 0.15) is 16.2 Å². The number of aryl methyl sites for hydroxylation is 1. The lowest BCUT2D eigenvalue weighted by molar-refractivity contribution is 0.0691. The van der Waals surface area contributed by atoms with Crippen LogP contribution in [-0.2, 0) is 13.6 Å². The van der Waals surface area contributed by atoms with Crippen molar-refractivity contribution in [2.45, 2.75) is 6.54 Å². The van der Waals surface area contributed by atoms with Gasteiger partial charge in [-0.25, -0.2) is 9.78 Å². The Balaban J connectivity index is 2.14. The van der Waals surface area contributed by atoms with E-state index in [-0.39, 0.29) is 5.69 Å². The van der Waals surface area contributed by atoms with Crippen molar-refractivity contribution in [3.63, 3.8) is 0 Å². The van der Waals surface area contributed by atoms with Gasteiger partial charge >= 0.3 is 5.97 Å². The summed E-state index contributed by atoms with van der Waals surface area (Å²) < 4.78 is 1.73. The summed E-state index contributed by atoms with van der Waals surface area (Å²) in [5.74, 6) is -1.04. The van der Waals surface area contributed by atoms with Crippen molar-refractivity contribution >= 4 is 11.7 Å². The predicted octanol–water partition coefficient (Wildman–Crippen LogP) is 1.13. The first-order chi connectivity index (χ1) is 8.18. The Morgan fingerprint density at radius 3 is 2.94 bits per heavy atom. The van der Waals surface area contributed by atoms with Gasteiger partial charge in [0.05, 0.1) is 17.9 Å². The van der Waals surface area contributed by atoms with Crippen molar-refractivity contribution in [1.29, 1.82) is 0 Å². The van der Waals surface area contributed by atoms with Crippen LogP contribution in [0.2, 0.25) is 0 Å². The fourth-order valence-corrected chi connectivity index (χ4v) is 1.48. The van der Waals surface area contributed by atoms with Crippen molar-refractivity contribution < 1.29 is 9.90 Å². The van der Waals surface area contributed by atoms with E-state index in [9.17, 15) is 4.79 Å². The second-order valence-corrected chi connectivity index (χ2v) is 3.50. The molecule has 0 aliphatic rings. The number of nitrogens with one attached hydrogen (secondary N) is 1. The second-order valence-electron chi connectivity index (χ2n) is 3.50. The number of aromatic carboxylic acids is 1. The van der Waals surface area contributed by atoms with Gasteiger partial charge in [0.25, 0.3) is 0 Å². The zero-order chi connectivity index (χ0) is 12.3. The molecule has 2 aromatic rings. The molecule has 0 atom stereocenters. The maximum atomic E-state index is 10.9. The van der Waals surface area contributed by atoms with Crippen LogP contribution in [0.15, 0.2) is 30.6 Å². The molecule has 0 aliphatic carbocycles. The predicted molar refractivity (Wildman–Crippen MR) is 61.7 cm³/mol. The Hall–Kier alpha value is -2.37. The van der Waals surface area contributed by atoms with Crippen molar-refractivity contribution in [2.75, 3.05) is 5.32 Å². The molecule has 0 unspecified atom stereocenters. The van der Waals surface area contributed by atoms with Gasteiger partial charge in [-0.3, -0.25) is 4.68 Å². The molecule has 0 bridgehead atoms. The number of nitrogens with zero attached hydrogens (tertiary/aromatic N) is 3. The molecule has 17 heavy (non-hydrogen) atoms. The van der Waals surface area contributed by atoms with E-state index in [0.717, 1.165) is 5.69 Å². The number of carboxylic acid groups (broad SMARTS) is 1. The summed E-state index contributed by atoms with van der Waals surface area (Å²) in [5, 5.41) is 16.0. The van der Waals surface area contributed by atoms with E-state index in [1.165, 1.54) is 6.20 Å². The van der Waals surface area contributed by atoms with E-state index in [1.807, 2.05) is 13.1 Å². The number of carbonyl (C=O) groups is 1. The maximum Gasteiger partial charge on any atom is 0.356 e. The van der Waals surface area contributed by atoms with Crippen molar-refractivity contribution in [1.82, 2.24) is 14.8 Å². The molecule has 2 heterocycles. The van der Waals surface area contributed by atoms with Gasteiger partial charge in [-0.05, 0) is 18.2 Å². The Kier molecular flexibility index (Phi) is 3.04. The number of aromatic nitrogens is 3. The molecule has 0 aliphatic heterocycles. The number of rotatable bonds is 4. The summed E-state index contributed by atoms with van der Waals surface area (Å²) in [6.45, 7) is 0.502. The minimum absolute atomic E-state index is 0.0228. The third-order valence-electron chi connectivity index (χ3n) is 2.39. The SMILES string of the molecule is Cn1nccc1CNc1cccnc1C(=O)O. The second kappa shape index (κ2) is 4.65. The molecule has 2 rings (SSSR count). The van der Waals surface area contributed by atoms with Gasteiger partial charge < -0.3 is 10.4 Å². The Bertz CT molecular complexity index is 536. The third kappa shape index (κ3) is 2.41. The largest absolute Gasteiger partial charge is 0.476 e. The zero-order valence-electron chi connectivity index (χ0n) is 9.29. The molecular weight excluding hydrogens is 220 g/mol. The van der Waals surface area contributed by atoms with Crippen LogP contribution in [0.4, 0.5) is 5.69 Å². The smallest absolute Gasteiger partial charge is 0.356 e. The van der Waals surface area contributed by atoms with Crippen molar-refractivity contribution in [3.05, 3.63) is 42.0 Å². The lowest BCUT2D eigenvalue weighted by Crippen LogP contribution is -2.10. The van der Waals surface area contributed by atoms with E-state index in [2.05, 4.69) is 15.4 Å². The van der Waals surface area contributed by atoms with Crippen LogP contribution in [-0.4, -0.2) is 25.8 Å². The average molecular weight is 232 g/mol. The van der Waals surface area contributed by atoms with Gasteiger partial charge in [-0.2, -0.15) is 5.10 Å². The van der Waals surface area contributed by atoms with Crippen LogP contribution in [0.25, 0.3) is 0 Å². The van der Waals surface area contributed by atoms with Crippen LogP contribution < -0.4 is 5.32 Å². The molecule has 2 aromatic heterocycles. The fourth-order valence-electron chi connectivity index (χ4n) is 1.48. The highest BCUT2D eigenvalue weighted by molar-refractivity contribution is 5.91. The van der Waals surface area contributed by atoms with Gasteiger partial charge in [-0.15, -0.1) is 0 Å². The first-order valence-electron chi connectivity index (χ1n) is 5.07. The molecule has 0 radical (unpaired) electrons. The van der Waals surface area contributed by atoms with Gasteiger partial charge in [0, 0.05) is 19.4 Å². The lowest BCUT2D eigenvalue weighted by Gasteiger charge is -2.08. The van der Waals surface area contributed by atoms with Crippen LogP contribution >= 0.6 is 0 Å².